The minimum Gasteiger partial charge on any atom is -0.364 e. The lowest BCUT2D eigenvalue weighted by molar-refractivity contribution is 0.479. The SMILES string of the molecule is CCC(C)n1ccc(NCc2cnn(C)c2C)n1.Cl. The molecule has 2 aromatic heterocycles. The van der Waals surface area contributed by atoms with Crippen LogP contribution in [0.1, 0.15) is 37.6 Å². The maximum absolute atomic E-state index is 4.51. The fourth-order valence-corrected chi connectivity index (χ4v) is 1.77. The molecular weight excluding hydrogens is 262 g/mol. The van der Waals surface area contributed by atoms with Gasteiger partial charge in [-0.05, 0) is 20.3 Å². The molecule has 0 saturated carbocycles. The van der Waals surface area contributed by atoms with Crippen LogP contribution in [0, 0.1) is 6.92 Å². The zero-order valence-electron chi connectivity index (χ0n) is 11.9. The summed E-state index contributed by atoms with van der Waals surface area (Å²) in [5, 5.41) is 12.1. The maximum atomic E-state index is 4.51. The second kappa shape index (κ2) is 6.61. The van der Waals surface area contributed by atoms with Crippen molar-refractivity contribution in [1.29, 1.82) is 0 Å². The number of aryl methyl sites for hydroxylation is 1. The van der Waals surface area contributed by atoms with Crippen LogP contribution in [-0.4, -0.2) is 19.6 Å². The number of aromatic nitrogens is 4. The highest BCUT2D eigenvalue weighted by atomic mass is 35.5. The number of rotatable bonds is 5. The molecule has 0 fully saturated rings. The minimum absolute atomic E-state index is 0. The first-order valence-corrected chi connectivity index (χ1v) is 6.38. The fraction of sp³-hybridized carbons (Fsp3) is 0.538. The van der Waals surface area contributed by atoms with E-state index < -0.39 is 0 Å². The molecule has 0 bridgehead atoms. The summed E-state index contributed by atoms with van der Waals surface area (Å²) in [5.74, 6) is 0.915. The Morgan fingerprint density at radius 1 is 1.42 bits per heavy atom. The lowest BCUT2D eigenvalue weighted by atomic mass is 10.2. The number of nitrogens with one attached hydrogen (secondary N) is 1. The van der Waals surface area contributed by atoms with Gasteiger partial charge in [-0.15, -0.1) is 12.4 Å². The van der Waals surface area contributed by atoms with E-state index in [4.69, 9.17) is 0 Å². The normalized spacial score (nSPS) is 12.0. The van der Waals surface area contributed by atoms with Gasteiger partial charge in [-0.1, -0.05) is 6.92 Å². The van der Waals surface area contributed by atoms with Gasteiger partial charge in [-0.3, -0.25) is 9.36 Å². The highest BCUT2D eigenvalue weighted by Gasteiger charge is 2.06. The molecule has 0 aliphatic heterocycles. The number of nitrogens with zero attached hydrogens (tertiary/aromatic N) is 4. The molecule has 0 aliphatic rings. The molecule has 0 aromatic carbocycles. The molecule has 0 radical (unpaired) electrons. The van der Waals surface area contributed by atoms with E-state index in [1.165, 1.54) is 11.3 Å². The smallest absolute Gasteiger partial charge is 0.148 e. The highest BCUT2D eigenvalue weighted by Crippen LogP contribution is 2.13. The van der Waals surface area contributed by atoms with Gasteiger partial charge in [0.15, 0.2) is 0 Å². The molecule has 2 heterocycles. The summed E-state index contributed by atoms with van der Waals surface area (Å²) < 4.78 is 3.88. The summed E-state index contributed by atoms with van der Waals surface area (Å²) in [6.07, 6.45) is 5.00. The van der Waals surface area contributed by atoms with Crippen LogP contribution >= 0.6 is 12.4 Å². The zero-order valence-corrected chi connectivity index (χ0v) is 12.7. The van der Waals surface area contributed by atoms with Crippen molar-refractivity contribution < 1.29 is 0 Å². The molecule has 2 aromatic rings. The zero-order chi connectivity index (χ0) is 13.1. The molecule has 19 heavy (non-hydrogen) atoms. The quantitative estimate of drug-likeness (QED) is 0.918. The Morgan fingerprint density at radius 3 is 2.74 bits per heavy atom. The van der Waals surface area contributed by atoms with Crippen LogP contribution in [0.25, 0.3) is 0 Å². The van der Waals surface area contributed by atoms with Crippen molar-refractivity contribution in [3.63, 3.8) is 0 Å². The first-order chi connectivity index (χ1) is 8.61. The predicted octanol–water partition coefficient (Wildman–Crippen LogP) is 2.93. The molecule has 5 nitrogen and oxygen atoms in total. The predicted molar refractivity (Wildman–Crippen MR) is 79.7 cm³/mol. The van der Waals surface area contributed by atoms with Gasteiger partial charge in [0, 0.05) is 43.2 Å². The highest BCUT2D eigenvalue weighted by molar-refractivity contribution is 5.85. The molecule has 1 N–H and O–H groups in total. The van der Waals surface area contributed by atoms with Gasteiger partial charge < -0.3 is 5.32 Å². The third-order valence-corrected chi connectivity index (χ3v) is 3.45. The largest absolute Gasteiger partial charge is 0.364 e. The number of halogens is 1. The summed E-state index contributed by atoms with van der Waals surface area (Å²) in [4.78, 5) is 0. The van der Waals surface area contributed by atoms with E-state index in [1.54, 1.807) is 0 Å². The van der Waals surface area contributed by atoms with Crippen molar-refractivity contribution in [2.24, 2.45) is 7.05 Å². The summed E-state index contributed by atoms with van der Waals surface area (Å²) in [5.41, 5.74) is 2.39. The van der Waals surface area contributed by atoms with Crippen LogP contribution < -0.4 is 5.32 Å². The lowest BCUT2D eigenvalue weighted by Gasteiger charge is -2.08. The third-order valence-electron chi connectivity index (χ3n) is 3.45. The molecule has 1 atom stereocenters. The molecule has 1 unspecified atom stereocenters. The van der Waals surface area contributed by atoms with Crippen LogP contribution in [0.4, 0.5) is 5.82 Å². The molecule has 0 aliphatic carbocycles. The Bertz CT molecular complexity index is 517. The Morgan fingerprint density at radius 2 is 2.16 bits per heavy atom. The van der Waals surface area contributed by atoms with Crippen molar-refractivity contribution in [2.75, 3.05) is 5.32 Å². The molecule has 6 heteroatoms. The van der Waals surface area contributed by atoms with Gasteiger partial charge in [0.2, 0.25) is 0 Å². The van der Waals surface area contributed by atoms with Gasteiger partial charge in [-0.25, -0.2) is 0 Å². The topological polar surface area (TPSA) is 47.7 Å². The van der Waals surface area contributed by atoms with Crippen molar-refractivity contribution in [1.82, 2.24) is 19.6 Å². The molecule has 0 saturated heterocycles. The number of anilines is 1. The van der Waals surface area contributed by atoms with Gasteiger partial charge in [0.25, 0.3) is 0 Å². The average Bonchev–Trinajstić information content (AvgIpc) is 2.96. The van der Waals surface area contributed by atoms with Crippen molar-refractivity contribution in [2.45, 2.75) is 39.8 Å². The fourth-order valence-electron chi connectivity index (χ4n) is 1.77. The van der Waals surface area contributed by atoms with E-state index in [1.807, 2.05) is 34.9 Å². The van der Waals surface area contributed by atoms with Gasteiger partial charge in [-0.2, -0.15) is 10.2 Å². The first-order valence-electron chi connectivity index (χ1n) is 6.38. The molecule has 2 rings (SSSR count). The van der Waals surface area contributed by atoms with Crippen LogP contribution in [0.3, 0.4) is 0 Å². The van der Waals surface area contributed by atoms with Crippen LogP contribution in [0.15, 0.2) is 18.5 Å². The van der Waals surface area contributed by atoms with E-state index in [2.05, 4.69) is 36.3 Å². The number of hydrogen-bond acceptors (Lipinski definition) is 3. The molecule has 106 valence electrons. The van der Waals surface area contributed by atoms with Gasteiger partial charge >= 0.3 is 0 Å². The van der Waals surface area contributed by atoms with Crippen molar-refractivity contribution in [3.8, 4) is 0 Å². The van der Waals surface area contributed by atoms with E-state index in [9.17, 15) is 0 Å². The Labute approximate surface area is 120 Å². The third kappa shape index (κ3) is 3.50. The summed E-state index contributed by atoms with van der Waals surface area (Å²) in [6.45, 7) is 7.17. The van der Waals surface area contributed by atoms with Crippen molar-refractivity contribution >= 4 is 18.2 Å². The summed E-state index contributed by atoms with van der Waals surface area (Å²) >= 11 is 0. The summed E-state index contributed by atoms with van der Waals surface area (Å²) in [6, 6.07) is 2.46. The Balaban J connectivity index is 0.00000180. The summed E-state index contributed by atoms with van der Waals surface area (Å²) in [7, 11) is 1.95. The maximum Gasteiger partial charge on any atom is 0.148 e. The van der Waals surface area contributed by atoms with Crippen LogP contribution in [0.2, 0.25) is 0 Å². The Hall–Kier alpha value is -1.49. The van der Waals surface area contributed by atoms with Crippen LogP contribution in [0.5, 0.6) is 0 Å². The second-order valence-electron chi connectivity index (χ2n) is 4.67. The molecule has 0 amide bonds. The standard InChI is InChI=1S/C13H21N5.ClH/c1-5-10(2)18-7-6-13(16-18)14-8-12-9-15-17(4)11(12)3;/h6-7,9-10H,5,8H2,1-4H3,(H,14,16);1H. The van der Waals surface area contributed by atoms with Gasteiger partial charge in [0.05, 0.1) is 6.20 Å². The average molecular weight is 284 g/mol. The molecule has 0 spiro atoms. The first kappa shape index (κ1) is 15.6. The van der Waals surface area contributed by atoms with Gasteiger partial charge in [0.1, 0.15) is 5.82 Å². The number of hydrogen-bond donors (Lipinski definition) is 1. The second-order valence-corrected chi connectivity index (χ2v) is 4.67. The monoisotopic (exact) mass is 283 g/mol. The minimum atomic E-state index is 0. The van der Waals surface area contributed by atoms with Crippen molar-refractivity contribution in [3.05, 3.63) is 29.7 Å². The van der Waals surface area contributed by atoms with E-state index in [0.29, 0.717) is 6.04 Å². The lowest BCUT2D eigenvalue weighted by Crippen LogP contribution is -2.06. The van der Waals surface area contributed by atoms with E-state index >= 15 is 0 Å². The van der Waals surface area contributed by atoms with E-state index in [0.717, 1.165) is 18.8 Å². The van der Waals surface area contributed by atoms with E-state index in [-0.39, 0.29) is 12.4 Å². The van der Waals surface area contributed by atoms with Crippen LogP contribution in [-0.2, 0) is 13.6 Å². The Kier molecular flexibility index (Phi) is 5.42. The molecular formula is C13H22ClN5.